The van der Waals surface area contributed by atoms with Crippen molar-refractivity contribution >= 4 is 16.1 Å². The SMILES string of the molecule is COCC(N)C(=O)N1CCN(S(=O)(=O)N2CCOCC2)CC1. The predicted molar refractivity (Wildman–Crippen MR) is 79.3 cm³/mol. The molecule has 2 aliphatic rings. The monoisotopic (exact) mass is 336 g/mol. The average Bonchev–Trinajstić information content (AvgIpc) is 2.55. The highest BCUT2D eigenvalue weighted by molar-refractivity contribution is 7.86. The summed E-state index contributed by atoms with van der Waals surface area (Å²) in [5.41, 5.74) is 5.73. The molecular formula is C12H24N4O5S. The Morgan fingerprint density at radius 1 is 1.14 bits per heavy atom. The lowest BCUT2D eigenvalue weighted by molar-refractivity contribution is -0.135. The first-order valence-electron chi connectivity index (χ1n) is 7.33. The molecule has 1 atom stereocenters. The van der Waals surface area contributed by atoms with Crippen LogP contribution in [-0.2, 0) is 24.5 Å². The van der Waals surface area contributed by atoms with Crippen LogP contribution in [0.5, 0.6) is 0 Å². The molecule has 1 amide bonds. The van der Waals surface area contributed by atoms with Crippen molar-refractivity contribution in [3.8, 4) is 0 Å². The van der Waals surface area contributed by atoms with E-state index in [0.29, 0.717) is 39.4 Å². The number of carbonyl (C=O) groups is 1. The molecule has 0 aromatic rings. The van der Waals surface area contributed by atoms with Gasteiger partial charge in [0.2, 0.25) is 5.91 Å². The summed E-state index contributed by atoms with van der Waals surface area (Å²) in [6.07, 6.45) is 0. The Morgan fingerprint density at radius 2 is 1.68 bits per heavy atom. The molecule has 2 aliphatic heterocycles. The van der Waals surface area contributed by atoms with Gasteiger partial charge in [-0.15, -0.1) is 0 Å². The number of carbonyl (C=O) groups excluding carboxylic acids is 1. The average molecular weight is 336 g/mol. The van der Waals surface area contributed by atoms with Crippen LogP contribution >= 0.6 is 0 Å². The summed E-state index contributed by atoms with van der Waals surface area (Å²) in [6, 6.07) is -0.701. The topological polar surface area (TPSA) is 105 Å². The Labute approximate surface area is 131 Å². The van der Waals surface area contributed by atoms with E-state index in [1.807, 2.05) is 0 Å². The molecule has 0 radical (unpaired) electrons. The molecule has 2 saturated heterocycles. The van der Waals surface area contributed by atoms with Gasteiger partial charge in [-0.05, 0) is 0 Å². The van der Waals surface area contributed by atoms with Gasteiger partial charge in [0.1, 0.15) is 6.04 Å². The van der Waals surface area contributed by atoms with Crippen molar-refractivity contribution in [1.29, 1.82) is 0 Å². The molecule has 0 aliphatic carbocycles. The standard InChI is InChI=1S/C12H24N4O5S/c1-20-10-11(13)12(17)14-2-4-15(5-3-14)22(18,19)16-6-8-21-9-7-16/h11H,2-10,13H2,1H3. The molecule has 2 rings (SSSR count). The van der Waals surface area contributed by atoms with Crippen LogP contribution in [0, 0.1) is 0 Å². The molecule has 0 saturated carbocycles. The van der Waals surface area contributed by atoms with Crippen LogP contribution in [0.15, 0.2) is 0 Å². The van der Waals surface area contributed by atoms with Crippen LogP contribution in [0.3, 0.4) is 0 Å². The molecule has 10 heteroatoms. The predicted octanol–water partition coefficient (Wildman–Crippen LogP) is -2.32. The number of morpholine rings is 1. The second-order valence-corrected chi connectivity index (χ2v) is 7.23. The molecule has 0 spiro atoms. The van der Waals surface area contributed by atoms with Gasteiger partial charge in [0.15, 0.2) is 0 Å². The number of hydrogen-bond acceptors (Lipinski definition) is 6. The third kappa shape index (κ3) is 3.94. The largest absolute Gasteiger partial charge is 0.383 e. The highest BCUT2D eigenvalue weighted by atomic mass is 32.2. The lowest BCUT2D eigenvalue weighted by Gasteiger charge is -2.38. The van der Waals surface area contributed by atoms with E-state index in [-0.39, 0.29) is 25.6 Å². The molecule has 0 aromatic carbocycles. The molecule has 128 valence electrons. The van der Waals surface area contributed by atoms with Crippen molar-refractivity contribution < 1.29 is 22.7 Å². The summed E-state index contributed by atoms with van der Waals surface area (Å²) in [7, 11) is -1.99. The van der Waals surface area contributed by atoms with Crippen molar-refractivity contribution in [1.82, 2.24) is 13.5 Å². The van der Waals surface area contributed by atoms with E-state index < -0.39 is 16.3 Å². The van der Waals surface area contributed by atoms with Crippen molar-refractivity contribution in [2.75, 3.05) is 66.2 Å². The normalized spacial score (nSPS) is 23.5. The fourth-order valence-electron chi connectivity index (χ4n) is 2.57. The summed E-state index contributed by atoms with van der Waals surface area (Å²) in [5.74, 6) is -0.203. The number of hydrogen-bond donors (Lipinski definition) is 1. The summed E-state index contributed by atoms with van der Waals surface area (Å²) in [6.45, 7) is 3.01. The highest BCUT2D eigenvalue weighted by Gasteiger charge is 2.34. The summed E-state index contributed by atoms with van der Waals surface area (Å²) in [4.78, 5) is 13.7. The van der Waals surface area contributed by atoms with Gasteiger partial charge in [-0.25, -0.2) is 0 Å². The fourth-order valence-corrected chi connectivity index (χ4v) is 4.13. The first kappa shape index (κ1) is 17.6. The molecule has 2 N–H and O–H groups in total. The number of nitrogens with zero attached hydrogens (tertiary/aromatic N) is 3. The lowest BCUT2D eigenvalue weighted by Crippen LogP contribution is -2.58. The number of rotatable bonds is 5. The second-order valence-electron chi connectivity index (χ2n) is 5.31. The van der Waals surface area contributed by atoms with Gasteiger partial charge in [0, 0.05) is 46.4 Å². The third-order valence-electron chi connectivity index (χ3n) is 3.84. The van der Waals surface area contributed by atoms with Gasteiger partial charge in [-0.2, -0.15) is 17.0 Å². The Bertz CT molecular complexity index is 472. The second kappa shape index (κ2) is 7.66. The smallest absolute Gasteiger partial charge is 0.282 e. The number of ether oxygens (including phenoxy) is 2. The van der Waals surface area contributed by atoms with Gasteiger partial charge < -0.3 is 20.1 Å². The number of piperazine rings is 1. The van der Waals surface area contributed by atoms with E-state index in [1.165, 1.54) is 15.7 Å². The zero-order valence-corrected chi connectivity index (χ0v) is 13.6. The molecule has 22 heavy (non-hydrogen) atoms. The van der Waals surface area contributed by atoms with Crippen LogP contribution in [0.4, 0.5) is 0 Å². The minimum Gasteiger partial charge on any atom is -0.383 e. The van der Waals surface area contributed by atoms with Gasteiger partial charge in [-0.1, -0.05) is 0 Å². The van der Waals surface area contributed by atoms with Crippen LogP contribution in [-0.4, -0.2) is 100 Å². The van der Waals surface area contributed by atoms with Gasteiger partial charge >= 0.3 is 0 Å². The summed E-state index contributed by atoms with van der Waals surface area (Å²) >= 11 is 0. The maximum atomic E-state index is 12.5. The van der Waals surface area contributed by atoms with E-state index in [9.17, 15) is 13.2 Å². The first-order valence-corrected chi connectivity index (χ1v) is 8.73. The zero-order chi connectivity index (χ0) is 16.2. The maximum absolute atomic E-state index is 12.5. The molecule has 2 heterocycles. The van der Waals surface area contributed by atoms with E-state index in [2.05, 4.69) is 0 Å². The van der Waals surface area contributed by atoms with E-state index >= 15 is 0 Å². The minimum atomic E-state index is -3.47. The fraction of sp³-hybridized carbons (Fsp3) is 0.917. The Kier molecular flexibility index (Phi) is 6.12. The molecular weight excluding hydrogens is 312 g/mol. The van der Waals surface area contributed by atoms with Gasteiger partial charge in [0.25, 0.3) is 10.2 Å². The first-order chi connectivity index (χ1) is 10.5. The number of nitrogens with two attached hydrogens (primary N) is 1. The highest BCUT2D eigenvalue weighted by Crippen LogP contribution is 2.14. The summed E-state index contributed by atoms with van der Waals surface area (Å²) < 4.78 is 37.9. The van der Waals surface area contributed by atoms with E-state index in [0.717, 1.165) is 0 Å². The van der Waals surface area contributed by atoms with Crippen molar-refractivity contribution in [3.05, 3.63) is 0 Å². The maximum Gasteiger partial charge on any atom is 0.282 e. The molecule has 2 fully saturated rings. The van der Waals surface area contributed by atoms with E-state index in [1.54, 1.807) is 4.90 Å². The zero-order valence-electron chi connectivity index (χ0n) is 12.8. The molecule has 0 aromatic heterocycles. The summed E-state index contributed by atoms with van der Waals surface area (Å²) in [5, 5.41) is 0. The van der Waals surface area contributed by atoms with Gasteiger partial charge in [-0.3, -0.25) is 4.79 Å². The van der Waals surface area contributed by atoms with Gasteiger partial charge in [0.05, 0.1) is 19.8 Å². The molecule has 0 bridgehead atoms. The number of amides is 1. The quantitative estimate of drug-likeness (QED) is 0.604. The van der Waals surface area contributed by atoms with Crippen molar-refractivity contribution in [2.45, 2.75) is 6.04 Å². The Hall–Kier alpha value is -0.780. The third-order valence-corrected chi connectivity index (χ3v) is 5.87. The lowest BCUT2D eigenvalue weighted by atomic mass is 10.2. The van der Waals surface area contributed by atoms with Crippen LogP contribution < -0.4 is 5.73 Å². The van der Waals surface area contributed by atoms with Crippen molar-refractivity contribution in [2.24, 2.45) is 5.73 Å². The van der Waals surface area contributed by atoms with Crippen LogP contribution in [0.25, 0.3) is 0 Å². The van der Waals surface area contributed by atoms with Crippen LogP contribution in [0.2, 0.25) is 0 Å². The van der Waals surface area contributed by atoms with Crippen molar-refractivity contribution in [3.63, 3.8) is 0 Å². The van der Waals surface area contributed by atoms with Crippen LogP contribution in [0.1, 0.15) is 0 Å². The van der Waals surface area contributed by atoms with E-state index in [4.69, 9.17) is 15.2 Å². The number of methoxy groups -OCH3 is 1. The molecule has 1 unspecified atom stereocenters. The Balaban J connectivity index is 1.89. The Morgan fingerprint density at radius 3 is 2.23 bits per heavy atom. The minimum absolute atomic E-state index is 0.158. The molecule has 9 nitrogen and oxygen atoms in total.